The van der Waals surface area contributed by atoms with Crippen LogP contribution in [0.4, 0.5) is 5.69 Å². The highest BCUT2D eigenvalue weighted by Gasteiger charge is 2.39. The molecule has 3 rings (SSSR count). The van der Waals surface area contributed by atoms with E-state index in [2.05, 4.69) is 34.0 Å². The molecule has 1 heterocycles. The van der Waals surface area contributed by atoms with Crippen LogP contribution in [-0.4, -0.2) is 28.1 Å². The van der Waals surface area contributed by atoms with E-state index in [-0.39, 0.29) is 5.91 Å². The van der Waals surface area contributed by atoms with Gasteiger partial charge in [0.1, 0.15) is 17.1 Å². The number of nitrogens with zero attached hydrogens (tertiary/aromatic N) is 2. The van der Waals surface area contributed by atoms with E-state index >= 15 is 0 Å². The van der Waals surface area contributed by atoms with E-state index in [1.807, 2.05) is 30.5 Å². The summed E-state index contributed by atoms with van der Waals surface area (Å²) in [6.07, 6.45) is 8.70. The van der Waals surface area contributed by atoms with Crippen molar-refractivity contribution in [2.75, 3.05) is 12.4 Å². The highest BCUT2D eigenvalue weighted by atomic mass is 16.5. The quantitative estimate of drug-likeness (QED) is 0.775. The number of benzene rings is 1. The van der Waals surface area contributed by atoms with Crippen LogP contribution in [0.15, 0.2) is 36.7 Å². The molecule has 0 spiro atoms. The van der Waals surface area contributed by atoms with Crippen LogP contribution in [-0.2, 0) is 11.3 Å². The minimum absolute atomic E-state index is 0.0522. The molecule has 0 radical (unpaired) electrons. The Morgan fingerprint density at radius 3 is 2.56 bits per heavy atom. The van der Waals surface area contributed by atoms with Crippen molar-refractivity contribution in [3.63, 3.8) is 0 Å². The lowest BCUT2D eigenvalue weighted by Gasteiger charge is -2.37. The van der Waals surface area contributed by atoms with Gasteiger partial charge in [0, 0.05) is 24.1 Å². The van der Waals surface area contributed by atoms with E-state index in [0.29, 0.717) is 12.6 Å². The number of imidazole rings is 1. The Morgan fingerprint density at radius 1 is 1.22 bits per heavy atom. The van der Waals surface area contributed by atoms with Crippen molar-refractivity contribution in [3.8, 4) is 5.75 Å². The van der Waals surface area contributed by atoms with Crippen LogP contribution in [0.25, 0.3) is 0 Å². The van der Waals surface area contributed by atoms with Gasteiger partial charge in [0.05, 0.1) is 13.7 Å². The number of methoxy groups -OCH3 is 1. The summed E-state index contributed by atoms with van der Waals surface area (Å²) >= 11 is 0. The van der Waals surface area contributed by atoms with E-state index in [1.165, 1.54) is 6.42 Å². The number of carbonyl (C=O) groups is 1. The fourth-order valence-electron chi connectivity index (χ4n) is 3.79. The summed E-state index contributed by atoms with van der Waals surface area (Å²) in [7, 11) is 1.65. The van der Waals surface area contributed by atoms with Crippen LogP contribution in [0.3, 0.4) is 0 Å². The molecular weight excluding hydrogens is 340 g/mol. The van der Waals surface area contributed by atoms with Crippen LogP contribution >= 0.6 is 0 Å². The summed E-state index contributed by atoms with van der Waals surface area (Å²) in [5, 5.41) is 6.64. The Hall–Kier alpha value is -2.50. The third kappa shape index (κ3) is 4.43. The van der Waals surface area contributed by atoms with Crippen LogP contribution in [0.2, 0.25) is 0 Å². The number of hydrogen-bond donors (Lipinski definition) is 2. The van der Waals surface area contributed by atoms with E-state index in [9.17, 15) is 4.79 Å². The van der Waals surface area contributed by atoms with Crippen molar-refractivity contribution in [3.05, 3.63) is 42.5 Å². The molecule has 0 atom stereocenters. The fourth-order valence-corrected chi connectivity index (χ4v) is 3.79. The molecule has 2 N–H and O–H groups in total. The van der Waals surface area contributed by atoms with Crippen molar-refractivity contribution in [2.45, 2.75) is 64.1 Å². The van der Waals surface area contributed by atoms with Crippen molar-refractivity contribution in [1.29, 1.82) is 0 Å². The average molecular weight is 370 g/mol. The van der Waals surface area contributed by atoms with Crippen molar-refractivity contribution < 1.29 is 9.53 Å². The Bertz CT molecular complexity index is 746. The summed E-state index contributed by atoms with van der Waals surface area (Å²) in [6.45, 7) is 4.66. The van der Waals surface area contributed by atoms with Gasteiger partial charge in [0.15, 0.2) is 0 Å². The minimum atomic E-state index is -0.567. The predicted molar refractivity (Wildman–Crippen MR) is 107 cm³/mol. The number of ether oxygens (including phenoxy) is 1. The van der Waals surface area contributed by atoms with Crippen molar-refractivity contribution in [2.24, 2.45) is 0 Å². The van der Waals surface area contributed by atoms with Gasteiger partial charge in [0.25, 0.3) is 0 Å². The van der Waals surface area contributed by atoms with Gasteiger partial charge in [-0.3, -0.25) is 4.79 Å². The zero-order valence-corrected chi connectivity index (χ0v) is 16.5. The number of hydrogen-bond acceptors (Lipinski definition) is 4. The molecule has 2 aromatic rings. The van der Waals surface area contributed by atoms with E-state index in [1.54, 1.807) is 13.3 Å². The fraction of sp³-hybridized carbons (Fsp3) is 0.524. The summed E-state index contributed by atoms with van der Waals surface area (Å²) < 4.78 is 7.31. The summed E-state index contributed by atoms with van der Waals surface area (Å²) in [4.78, 5) is 17.6. The Labute approximate surface area is 161 Å². The van der Waals surface area contributed by atoms with Crippen LogP contribution in [0, 0.1) is 0 Å². The number of nitrogens with one attached hydrogen (secondary N) is 2. The molecule has 0 aliphatic heterocycles. The first kappa shape index (κ1) is 19.3. The van der Waals surface area contributed by atoms with Crippen molar-refractivity contribution >= 4 is 11.6 Å². The Morgan fingerprint density at radius 2 is 1.93 bits per heavy atom. The summed E-state index contributed by atoms with van der Waals surface area (Å²) in [5.74, 6) is 1.74. The highest BCUT2D eigenvalue weighted by molar-refractivity contribution is 5.89. The third-order valence-electron chi connectivity index (χ3n) is 5.33. The van der Waals surface area contributed by atoms with E-state index in [4.69, 9.17) is 4.74 Å². The molecule has 0 bridgehead atoms. The van der Waals surface area contributed by atoms with Crippen molar-refractivity contribution in [1.82, 2.24) is 14.9 Å². The molecule has 1 aromatic carbocycles. The zero-order chi connectivity index (χ0) is 19.3. The Kier molecular flexibility index (Phi) is 6.04. The highest BCUT2D eigenvalue weighted by Crippen LogP contribution is 2.32. The molecule has 1 fully saturated rings. The molecule has 1 aromatic heterocycles. The lowest BCUT2D eigenvalue weighted by atomic mass is 9.80. The second-order valence-electron chi connectivity index (χ2n) is 7.52. The first-order valence-electron chi connectivity index (χ1n) is 9.76. The number of aromatic nitrogens is 2. The van der Waals surface area contributed by atoms with Crippen LogP contribution in [0.5, 0.6) is 5.75 Å². The normalized spacial score (nSPS) is 16.1. The monoisotopic (exact) mass is 370 g/mol. The SMILES string of the molecule is COc1ccc(NC2(C(=O)NCc3nccn3C(C)C)CCCCC2)cc1. The zero-order valence-electron chi connectivity index (χ0n) is 16.5. The molecule has 6 heteroatoms. The molecule has 0 unspecified atom stereocenters. The molecule has 1 saturated carbocycles. The summed E-state index contributed by atoms with van der Waals surface area (Å²) in [5.41, 5.74) is 0.374. The molecule has 1 aliphatic carbocycles. The number of amides is 1. The average Bonchev–Trinajstić information content (AvgIpc) is 3.16. The van der Waals surface area contributed by atoms with Gasteiger partial charge in [-0.05, 0) is 51.0 Å². The van der Waals surface area contributed by atoms with Gasteiger partial charge in [-0.2, -0.15) is 0 Å². The van der Waals surface area contributed by atoms with Gasteiger partial charge in [-0.1, -0.05) is 19.3 Å². The maximum atomic E-state index is 13.2. The van der Waals surface area contributed by atoms with E-state index < -0.39 is 5.54 Å². The van der Waals surface area contributed by atoms with Crippen LogP contribution in [0.1, 0.15) is 57.8 Å². The molecule has 146 valence electrons. The lowest BCUT2D eigenvalue weighted by Crippen LogP contribution is -2.53. The smallest absolute Gasteiger partial charge is 0.246 e. The maximum absolute atomic E-state index is 13.2. The minimum Gasteiger partial charge on any atom is -0.497 e. The molecule has 1 amide bonds. The summed E-state index contributed by atoms with van der Waals surface area (Å²) in [6, 6.07) is 8.08. The molecule has 1 aliphatic rings. The standard InChI is InChI=1S/C21H30N4O2/c1-16(2)25-14-13-22-19(25)15-23-20(26)21(11-5-4-6-12-21)24-17-7-9-18(27-3)10-8-17/h7-10,13-14,16,24H,4-6,11-12,15H2,1-3H3,(H,23,26). The first-order chi connectivity index (χ1) is 13.0. The van der Waals surface area contributed by atoms with Gasteiger partial charge in [0.2, 0.25) is 5.91 Å². The first-order valence-corrected chi connectivity index (χ1v) is 9.76. The van der Waals surface area contributed by atoms with Gasteiger partial charge < -0.3 is 19.9 Å². The topological polar surface area (TPSA) is 68.2 Å². The number of carbonyl (C=O) groups excluding carboxylic acids is 1. The number of anilines is 1. The van der Waals surface area contributed by atoms with Gasteiger partial charge >= 0.3 is 0 Å². The van der Waals surface area contributed by atoms with Crippen LogP contribution < -0.4 is 15.4 Å². The molecule has 27 heavy (non-hydrogen) atoms. The largest absolute Gasteiger partial charge is 0.497 e. The second kappa shape index (κ2) is 8.46. The maximum Gasteiger partial charge on any atom is 0.246 e. The predicted octanol–water partition coefficient (Wildman–Crippen LogP) is 3.90. The van der Waals surface area contributed by atoms with Gasteiger partial charge in [-0.25, -0.2) is 4.98 Å². The lowest BCUT2D eigenvalue weighted by molar-refractivity contribution is -0.126. The Balaban J connectivity index is 1.72. The van der Waals surface area contributed by atoms with Gasteiger partial charge in [-0.15, -0.1) is 0 Å². The van der Waals surface area contributed by atoms with E-state index in [0.717, 1.165) is 42.9 Å². The second-order valence-corrected chi connectivity index (χ2v) is 7.52. The molecule has 6 nitrogen and oxygen atoms in total. The number of rotatable bonds is 7. The molecular formula is C21H30N4O2. The third-order valence-corrected chi connectivity index (χ3v) is 5.33. The molecule has 0 saturated heterocycles.